The maximum atomic E-state index is 12.4. The first kappa shape index (κ1) is 16.7. The van der Waals surface area contributed by atoms with Gasteiger partial charge in [-0.3, -0.25) is 14.1 Å². The molecule has 2 aromatic carbocycles. The van der Waals surface area contributed by atoms with Crippen molar-refractivity contribution in [3.8, 4) is 0 Å². The summed E-state index contributed by atoms with van der Waals surface area (Å²) in [5, 5.41) is 0. The first-order valence-electron chi connectivity index (χ1n) is 7.63. The lowest BCUT2D eigenvalue weighted by Gasteiger charge is -2.09. The van der Waals surface area contributed by atoms with Gasteiger partial charge in [-0.05, 0) is 43.7 Å². The average molecular weight is 362 g/mol. The minimum Gasteiger partial charge on any atom is -0.299 e. The van der Waals surface area contributed by atoms with Crippen LogP contribution in [0.1, 0.15) is 18.9 Å². The molecule has 3 rings (SSSR count). The molecule has 0 saturated heterocycles. The van der Waals surface area contributed by atoms with Gasteiger partial charge in [0, 0.05) is 6.54 Å². The van der Waals surface area contributed by atoms with E-state index in [9.17, 15) is 13.2 Å². The van der Waals surface area contributed by atoms with Crippen LogP contribution in [0.15, 0.2) is 52.2 Å². The normalized spacial score (nSPS) is 11.8. The molecule has 5 nitrogen and oxygen atoms in total. The number of anilines is 1. The molecular weight excluding hydrogens is 344 g/mol. The van der Waals surface area contributed by atoms with Crippen LogP contribution in [-0.2, 0) is 16.6 Å². The number of nitrogens with one attached hydrogen (secondary N) is 1. The maximum Gasteiger partial charge on any atom is 0.308 e. The SMILES string of the molecule is CCCn1c(=O)sc2cc(NS(=O)(=O)c3ccc(C)cc3)ccc21. The van der Waals surface area contributed by atoms with Crippen LogP contribution in [-0.4, -0.2) is 13.0 Å². The number of sulfonamides is 1. The van der Waals surface area contributed by atoms with Gasteiger partial charge in [0.1, 0.15) is 0 Å². The molecule has 0 unspecified atom stereocenters. The summed E-state index contributed by atoms with van der Waals surface area (Å²) in [7, 11) is -3.64. The molecule has 24 heavy (non-hydrogen) atoms. The zero-order valence-corrected chi connectivity index (χ0v) is 15.1. The van der Waals surface area contributed by atoms with Crippen molar-refractivity contribution in [3.63, 3.8) is 0 Å². The summed E-state index contributed by atoms with van der Waals surface area (Å²) in [6.07, 6.45) is 0.869. The number of benzene rings is 2. The molecule has 0 aliphatic heterocycles. The third kappa shape index (κ3) is 3.22. The molecular formula is C17H18N2O3S2. The highest BCUT2D eigenvalue weighted by Crippen LogP contribution is 2.24. The summed E-state index contributed by atoms with van der Waals surface area (Å²) in [4.78, 5) is 12.2. The van der Waals surface area contributed by atoms with Crippen molar-refractivity contribution in [2.75, 3.05) is 4.72 Å². The van der Waals surface area contributed by atoms with Gasteiger partial charge in [0.2, 0.25) is 0 Å². The summed E-state index contributed by atoms with van der Waals surface area (Å²) in [5.41, 5.74) is 2.29. The molecule has 1 aromatic heterocycles. The molecule has 0 saturated carbocycles. The fourth-order valence-corrected chi connectivity index (χ4v) is 4.50. The van der Waals surface area contributed by atoms with E-state index in [0.29, 0.717) is 12.2 Å². The number of nitrogens with zero attached hydrogens (tertiary/aromatic N) is 1. The predicted octanol–water partition coefficient (Wildman–Crippen LogP) is 3.58. The quantitative estimate of drug-likeness (QED) is 0.754. The molecule has 0 bridgehead atoms. The zero-order valence-electron chi connectivity index (χ0n) is 13.4. The predicted molar refractivity (Wildman–Crippen MR) is 98.4 cm³/mol. The van der Waals surface area contributed by atoms with Crippen LogP contribution in [0.2, 0.25) is 0 Å². The molecule has 126 valence electrons. The van der Waals surface area contributed by atoms with Crippen LogP contribution >= 0.6 is 11.3 Å². The van der Waals surface area contributed by atoms with Crippen LogP contribution < -0.4 is 9.60 Å². The van der Waals surface area contributed by atoms with E-state index in [4.69, 9.17) is 0 Å². The van der Waals surface area contributed by atoms with Crippen molar-refractivity contribution in [3.05, 3.63) is 57.7 Å². The highest BCUT2D eigenvalue weighted by atomic mass is 32.2. The van der Waals surface area contributed by atoms with Crippen molar-refractivity contribution in [2.24, 2.45) is 0 Å². The van der Waals surface area contributed by atoms with Gasteiger partial charge in [0.15, 0.2) is 0 Å². The molecule has 1 N–H and O–H groups in total. The Hall–Kier alpha value is -2.12. The van der Waals surface area contributed by atoms with E-state index >= 15 is 0 Å². The summed E-state index contributed by atoms with van der Waals surface area (Å²) in [6, 6.07) is 11.9. The zero-order chi connectivity index (χ0) is 17.3. The Morgan fingerprint density at radius 2 is 1.83 bits per heavy atom. The van der Waals surface area contributed by atoms with E-state index in [1.54, 1.807) is 47.0 Å². The average Bonchev–Trinajstić information content (AvgIpc) is 2.83. The first-order valence-corrected chi connectivity index (χ1v) is 9.93. The highest BCUT2D eigenvalue weighted by molar-refractivity contribution is 7.92. The second-order valence-electron chi connectivity index (χ2n) is 5.62. The third-order valence-corrected chi connectivity index (χ3v) is 6.04. The largest absolute Gasteiger partial charge is 0.308 e. The fraction of sp³-hybridized carbons (Fsp3) is 0.235. The van der Waals surface area contributed by atoms with Gasteiger partial charge in [0.25, 0.3) is 10.0 Å². The molecule has 0 aliphatic rings. The smallest absolute Gasteiger partial charge is 0.299 e. The van der Waals surface area contributed by atoms with Crippen molar-refractivity contribution in [2.45, 2.75) is 31.7 Å². The Balaban J connectivity index is 1.95. The Morgan fingerprint density at radius 3 is 2.50 bits per heavy atom. The van der Waals surface area contributed by atoms with Gasteiger partial charge in [-0.25, -0.2) is 8.42 Å². The highest BCUT2D eigenvalue weighted by Gasteiger charge is 2.15. The monoisotopic (exact) mass is 362 g/mol. The molecule has 7 heteroatoms. The van der Waals surface area contributed by atoms with E-state index < -0.39 is 10.0 Å². The molecule has 0 amide bonds. The molecule has 0 atom stereocenters. The van der Waals surface area contributed by atoms with Crippen LogP contribution in [0, 0.1) is 6.92 Å². The second-order valence-corrected chi connectivity index (χ2v) is 8.30. The lowest BCUT2D eigenvalue weighted by molar-refractivity contribution is 0.601. The standard InChI is InChI=1S/C17H18N2O3S2/c1-3-10-19-15-9-6-13(11-16(15)23-17(19)20)18-24(21,22)14-7-4-12(2)5-8-14/h4-9,11,18H,3,10H2,1-2H3. The van der Waals surface area contributed by atoms with E-state index in [1.807, 2.05) is 13.8 Å². The number of aryl methyl sites for hydroxylation is 2. The summed E-state index contributed by atoms with van der Waals surface area (Å²) in [6.45, 7) is 4.58. The number of thiazole rings is 1. The number of hydrogen-bond acceptors (Lipinski definition) is 4. The lowest BCUT2D eigenvalue weighted by atomic mass is 10.2. The molecule has 0 aliphatic carbocycles. The van der Waals surface area contributed by atoms with Crippen LogP contribution in [0.25, 0.3) is 10.2 Å². The molecule has 3 aromatic rings. The van der Waals surface area contributed by atoms with E-state index in [0.717, 1.165) is 33.5 Å². The summed E-state index contributed by atoms with van der Waals surface area (Å²) in [5.74, 6) is 0. The first-order chi connectivity index (χ1) is 11.4. The number of rotatable bonds is 5. The van der Waals surface area contributed by atoms with Gasteiger partial charge in [-0.2, -0.15) is 0 Å². The summed E-state index contributed by atoms with van der Waals surface area (Å²) >= 11 is 1.13. The maximum absolute atomic E-state index is 12.4. The molecule has 0 radical (unpaired) electrons. The molecule has 0 fully saturated rings. The fourth-order valence-electron chi connectivity index (χ4n) is 2.50. The molecule has 0 spiro atoms. The lowest BCUT2D eigenvalue weighted by Crippen LogP contribution is -2.13. The number of aromatic nitrogens is 1. The Kier molecular flexibility index (Phi) is 4.47. The van der Waals surface area contributed by atoms with Gasteiger partial charge >= 0.3 is 4.87 Å². The van der Waals surface area contributed by atoms with Gasteiger partial charge in [-0.1, -0.05) is 36.0 Å². The summed E-state index contributed by atoms with van der Waals surface area (Å²) < 4.78 is 30.0. The molecule has 1 heterocycles. The number of hydrogen-bond donors (Lipinski definition) is 1. The van der Waals surface area contributed by atoms with Crippen molar-refractivity contribution >= 4 is 37.3 Å². The van der Waals surface area contributed by atoms with Crippen molar-refractivity contribution in [1.29, 1.82) is 0 Å². The van der Waals surface area contributed by atoms with Crippen molar-refractivity contribution in [1.82, 2.24) is 4.57 Å². The van der Waals surface area contributed by atoms with E-state index in [1.165, 1.54) is 0 Å². The minimum atomic E-state index is -3.64. The second kappa shape index (κ2) is 6.41. The van der Waals surface area contributed by atoms with Gasteiger partial charge in [-0.15, -0.1) is 0 Å². The topological polar surface area (TPSA) is 68.2 Å². The third-order valence-electron chi connectivity index (χ3n) is 3.70. The van der Waals surface area contributed by atoms with Gasteiger partial charge < -0.3 is 0 Å². The van der Waals surface area contributed by atoms with Crippen LogP contribution in [0.5, 0.6) is 0 Å². The van der Waals surface area contributed by atoms with Crippen molar-refractivity contribution < 1.29 is 8.42 Å². The van der Waals surface area contributed by atoms with Crippen LogP contribution in [0.3, 0.4) is 0 Å². The van der Waals surface area contributed by atoms with E-state index in [2.05, 4.69) is 4.72 Å². The van der Waals surface area contributed by atoms with Gasteiger partial charge in [0.05, 0.1) is 20.8 Å². The Bertz CT molecular complexity index is 1030. The van der Waals surface area contributed by atoms with Crippen LogP contribution in [0.4, 0.5) is 5.69 Å². The number of fused-ring (bicyclic) bond motifs is 1. The van der Waals surface area contributed by atoms with E-state index in [-0.39, 0.29) is 9.77 Å². The Labute approximate surface area is 144 Å². The minimum absolute atomic E-state index is 0.0228. The Morgan fingerprint density at radius 1 is 1.12 bits per heavy atom.